The molecule has 1 N–H and O–H groups in total. The highest BCUT2D eigenvalue weighted by Gasteiger charge is 1.98. The van der Waals surface area contributed by atoms with Crippen LogP contribution in [0.15, 0.2) is 17.5 Å². The van der Waals surface area contributed by atoms with Crippen LogP contribution in [0.2, 0.25) is 0 Å². The second-order valence-corrected chi connectivity index (χ2v) is 2.27. The van der Waals surface area contributed by atoms with Crippen LogP contribution < -0.4 is 10.7 Å². The van der Waals surface area contributed by atoms with Crippen molar-refractivity contribution in [3.8, 4) is 0 Å². The lowest BCUT2D eigenvalue weighted by Crippen LogP contribution is -2.32. The minimum atomic E-state index is 0.358. The van der Waals surface area contributed by atoms with Crippen molar-refractivity contribution in [3.63, 3.8) is 0 Å². The van der Waals surface area contributed by atoms with E-state index in [1.807, 2.05) is 6.08 Å². The molecule has 2 rings (SSSR count). The highest BCUT2D eigenvalue weighted by Crippen LogP contribution is 1.87. The number of nitrogens with one attached hydrogen (secondary N) is 1. The topological polar surface area (TPSA) is 62.0 Å². The molecular formula is C7H6N4. The predicted molar refractivity (Wildman–Crippen MR) is 39.6 cm³/mol. The Morgan fingerprint density at radius 3 is 3.27 bits per heavy atom. The van der Waals surface area contributed by atoms with Gasteiger partial charge in [-0.2, -0.15) is 0 Å². The summed E-state index contributed by atoms with van der Waals surface area (Å²) in [6.45, 7) is 0. The molecule has 1 aromatic heterocycles. The molecule has 0 saturated heterocycles. The number of amidine groups is 1. The summed E-state index contributed by atoms with van der Waals surface area (Å²) in [6.07, 6.45) is 5.64. The number of fused-ring (bicyclic) bond motifs is 1. The average Bonchev–Trinajstić information content (AvgIpc) is 2.04. The predicted octanol–water partition coefficient (Wildman–Crippen LogP) is -0.742. The van der Waals surface area contributed by atoms with E-state index in [9.17, 15) is 0 Å². The quantitative estimate of drug-likeness (QED) is 0.524. The number of hydrogen-bond donors (Lipinski definition) is 1. The van der Waals surface area contributed by atoms with Gasteiger partial charge in [0, 0.05) is 17.8 Å². The van der Waals surface area contributed by atoms with Crippen molar-refractivity contribution < 1.29 is 0 Å². The molecule has 0 saturated carbocycles. The number of hydrogen-bond acceptors (Lipinski definition) is 3. The maximum atomic E-state index is 7.26. The fourth-order valence-electron chi connectivity index (χ4n) is 0.951. The Hall–Kier alpha value is -1.58. The Morgan fingerprint density at radius 1 is 1.45 bits per heavy atom. The minimum Gasteiger partial charge on any atom is -0.286 e. The van der Waals surface area contributed by atoms with E-state index in [0.29, 0.717) is 17.7 Å². The lowest BCUT2D eigenvalue weighted by molar-refractivity contribution is 1.03. The first kappa shape index (κ1) is 6.15. The van der Waals surface area contributed by atoms with Crippen molar-refractivity contribution in [2.24, 2.45) is 4.99 Å². The average molecular weight is 146 g/mol. The summed E-state index contributed by atoms with van der Waals surface area (Å²) in [5.41, 5.74) is 0.608. The zero-order valence-corrected chi connectivity index (χ0v) is 5.78. The molecule has 0 fully saturated rings. The van der Waals surface area contributed by atoms with Gasteiger partial charge in [0.25, 0.3) is 0 Å². The van der Waals surface area contributed by atoms with Crippen molar-refractivity contribution in [1.29, 1.82) is 5.41 Å². The monoisotopic (exact) mass is 146 g/mol. The summed E-state index contributed by atoms with van der Waals surface area (Å²) in [5.74, 6) is 0.358. The standard InChI is InChI=1S/C7H6N4/c8-6-2-1-5-3-9-4-10-7(5)11-6/h1,3-4,8H,2H2. The van der Waals surface area contributed by atoms with Crippen LogP contribution in [-0.2, 0) is 0 Å². The Kier molecular flexibility index (Phi) is 1.25. The second kappa shape index (κ2) is 2.23. The van der Waals surface area contributed by atoms with E-state index in [1.54, 1.807) is 6.20 Å². The first-order valence-corrected chi connectivity index (χ1v) is 3.28. The van der Waals surface area contributed by atoms with Crippen molar-refractivity contribution in [3.05, 3.63) is 23.2 Å². The first-order valence-electron chi connectivity index (χ1n) is 3.28. The zero-order chi connectivity index (χ0) is 7.68. The molecule has 4 heteroatoms. The molecule has 0 radical (unpaired) electrons. The second-order valence-electron chi connectivity index (χ2n) is 2.27. The van der Waals surface area contributed by atoms with Gasteiger partial charge in [0.05, 0.1) is 0 Å². The minimum absolute atomic E-state index is 0.358. The molecule has 1 aliphatic heterocycles. The number of aromatic nitrogens is 2. The maximum Gasteiger partial charge on any atom is 0.164 e. The Labute approximate surface area is 62.9 Å². The molecule has 0 spiro atoms. The van der Waals surface area contributed by atoms with E-state index in [2.05, 4.69) is 15.0 Å². The van der Waals surface area contributed by atoms with Crippen LogP contribution in [0.1, 0.15) is 6.42 Å². The summed E-state index contributed by atoms with van der Waals surface area (Å²) in [6, 6.07) is 0. The third-order valence-electron chi connectivity index (χ3n) is 1.47. The van der Waals surface area contributed by atoms with Gasteiger partial charge in [-0.1, -0.05) is 6.08 Å². The molecule has 0 amide bonds. The Bertz CT molecular complexity index is 407. The van der Waals surface area contributed by atoms with Gasteiger partial charge in [-0.15, -0.1) is 0 Å². The van der Waals surface area contributed by atoms with Crippen molar-refractivity contribution >= 4 is 11.9 Å². The van der Waals surface area contributed by atoms with Gasteiger partial charge in [-0.25, -0.2) is 15.0 Å². The van der Waals surface area contributed by atoms with E-state index in [-0.39, 0.29) is 0 Å². The largest absolute Gasteiger partial charge is 0.286 e. The van der Waals surface area contributed by atoms with Crippen LogP contribution in [0.5, 0.6) is 0 Å². The molecular weight excluding hydrogens is 140 g/mol. The zero-order valence-electron chi connectivity index (χ0n) is 5.78. The lowest BCUT2D eigenvalue weighted by atomic mass is 10.3. The Morgan fingerprint density at radius 2 is 2.36 bits per heavy atom. The van der Waals surface area contributed by atoms with Crippen molar-refractivity contribution in [2.45, 2.75) is 6.42 Å². The highest BCUT2D eigenvalue weighted by molar-refractivity contribution is 5.85. The summed E-state index contributed by atoms with van der Waals surface area (Å²) >= 11 is 0. The van der Waals surface area contributed by atoms with E-state index >= 15 is 0 Å². The van der Waals surface area contributed by atoms with Crippen LogP contribution in [0.4, 0.5) is 0 Å². The molecule has 2 heterocycles. The lowest BCUT2D eigenvalue weighted by Gasteiger charge is -1.97. The van der Waals surface area contributed by atoms with Gasteiger partial charge < -0.3 is 0 Å². The van der Waals surface area contributed by atoms with Crippen molar-refractivity contribution in [1.82, 2.24) is 9.97 Å². The van der Waals surface area contributed by atoms with Gasteiger partial charge in [-0.05, 0) is 0 Å². The van der Waals surface area contributed by atoms with Crippen LogP contribution >= 0.6 is 0 Å². The van der Waals surface area contributed by atoms with Crippen LogP contribution in [0.25, 0.3) is 6.08 Å². The van der Waals surface area contributed by atoms with Gasteiger partial charge in [0.2, 0.25) is 0 Å². The molecule has 1 aliphatic rings. The van der Waals surface area contributed by atoms with Gasteiger partial charge in [0.1, 0.15) is 12.2 Å². The molecule has 0 aliphatic carbocycles. The van der Waals surface area contributed by atoms with Gasteiger partial charge in [-0.3, -0.25) is 5.41 Å². The van der Waals surface area contributed by atoms with Gasteiger partial charge in [0.15, 0.2) is 5.49 Å². The third kappa shape index (κ3) is 1.02. The SMILES string of the molecule is N=C1CC=c2cncnc2=N1. The number of rotatable bonds is 0. The molecule has 11 heavy (non-hydrogen) atoms. The molecule has 0 bridgehead atoms. The Balaban J connectivity index is 2.83. The molecule has 1 aromatic rings. The number of nitrogens with zero attached hydrogens (tertiary/aromatic N) is 3. The van der Waals surface area contributed by atoms with E-state index in [4.69, 9.17) is 5.41 Å². The van der Waals surface area contributed by atoms with Crippen LogP contribution in [-0.4, -0.2) is 15.8 Å². The third-order valence-corrected chi connectivity index (χ3v) is 1.47. The molecule has 4 nitrogen and oxygen atoms in total. The van der Waals surface area contributed by atoms with Crippen LogP contribution in [0.3, 0.4) is 0 Å². The molecule has 0 aromatic carbocycles. The summed E-state index contributed by atoms with van der Waals surface area (Å²) in [5, 5.41) is 8.18. The van der Waals surface area contributed by atoms with Gasteiger partial charge >= 0.3 is 0 Å². The summed E-state index contributed by atoms with van der Waals surface area (Å²) in [4.78, 5) is 11.7. The smallest absolute Gasteiger partial charge is 0.164 e. The first-order chi connectivity index (χ1) is 5.36. The van der Waals surface area contributed by atoms with E-state index in [0.717, 1.165) is 5.22 Å². The van der Waals surface area contributed by atoms with Crippen LogP contribution in [0, 0.1) is 5.41 Å². The fraction of sp³-hybridized carbons (Fsp3) is 0.143. The molecule has 54 valence electrons. The summed E-state index contributed by atoms with van der Waals surface area (Å²) in [7, 11) is 0. The fourth-order valence-corrected chi connectivity index (χ4v) is 0.951. The molecule has 0 unspecified atom stereocenters. The maximum absolute atomic E-state index is 7.26. The van der Waals surface area contributed by atoms with E-state index < -0.39 is 0 Å². The normalized spacial score (nSPS) is 14.7. The molecule has 0 atom stereocenters. The van der Waals surface area contributed by atoms with Crippen molar-refractivity contribution in [2.75, 3.05) is 0 Å². The summed E-state index contributed by atoms with van der Waals surface area (Å²) < 4.78 is 0. The highest BCUT2D eigenvalue weighted by atomic mass is 14.9. The van der Waals surface area contributed by atoms with E-state index in [1.165, 1.54) is 6.33 Å².